The summed E-state index contributed by atoms with van der Waals surface area (Å²) in [7, 11) is 0. The van der Waals surface area contributed by atoms with E-state index < -0.39 is 0 Å². The first kappa shape index (κ1) is 13.8. The molecule has 1 aliphatic rings. The van der Waals surface area contributed by atoms with Gasteiger partial charge < -0.3 is 5.11 Å². The molecule has 98 valence electrons. The van der Waals surface area contributed by atoms with E-state index in [4.69, 9.17) is 0 Å². The van der Waals surface area contributed by atoms with Gasteiger partial charge in [-0.3, -0.25) is 0 Å². The van der Waals surface area contributed by atoms with Gasteiger partial charge >= 0.3 is 0 Å². The van der Waals surface area contributed by atoms with E-state index in [0.717, 1.165) is 22.9 Å². The molecule has 0 aliphatic heterocycles. The van der Waals surface area contributed by atoms with Crippen molar-refractivity contribution in [3.8, 4) is 0 Å². The molecule has 1 aromatic rings. The van der Waals surface area contributed by atoms with Crippen LogP contribution in [-0.4, -0.2) is 11.7 Å². The Bertz CT molecular complexity index is 436. The highest BCUT2D eigenvalue weighted by Gasteiger charge is 2.17. The van der Waals surface area contributed by atoms with Crippen LogP contribution < -0.4 is 0 Å². The average Bonchev–Trinajstić information content (AvgIpc) is 2.39. The van der Waals surface area contributed by atoms with Gasteiger partial charge in [0.15, 0.2) is 0 Å². The van der Waals surface area contributed by atoms with Crippen LogP contribution in [0.5, 0.6) is 0 Å². The van der Waals surface area contributed by atoms with Crippen LogP contribution in [0, 0.1) is 11.7 Å². The number of halogens is 2. The quantitative estimate of drug-likeness (QED) is 0.868. The lowest BCUT2D eigenvalue weighted by Gasteiger charge is -2.23. The zero-order valence-corrected chi connectivity index (χ0v) is 11.9. The highest BCUT2D eigenvalue weighted by Crippen LogP contribution is 2.31. The normalized spacial score (nSPS) is 18.1. The average molecular weight is 313 g/mol. The Morgan fingerprint density at radius 1 is 1.33 bits per heavy atom. The fourth-order valence-electron chi connectivity index (χ4n) is 2.58. The first-order valence-corrected chi connectivity index (χ1v) is 7.26. The third-order valence-electron chi connectivity index (χ3n) is 3.62. The van der Waals surface area contributed by atoms with Crippen LogP contribution in [-0.2, 0) is 0 Å². The van der Waals surface area contributed by atoms with Gasteiger partial charge in [0.1, 0.15) is 5.82 Å². The molecule has 1 aliphatic carbocycles. The Kier molecular flexibility index (Phi) is 4.95. The van der Waals surface area contributed by atoms with Crippen LogP contribution in [0.3, 0.4) is 0 Å². The van der Waals surface area contributed by atoms with Crippen molar-refractivity contribution in [1.29, 1.82) is 0 Å². The maximum absolute atomic E-state index is 13.8. The van der Waals surface area contributed by atoms with Gasteiger partial charge in [-0.2, -0.15) is 0 Å². The van der Waals surface area contributed by atoms with Gasteiger partial charge in [-0.1, -0.05) is 47.3 Å². The van der Waals surface area contributed by atoms with Gasteiger partial charge in [-0.15, -0.1) is 0 Å². The fourth-order valence-corrected chi connectivity index (χ4v) is 2.92. The van der Waals surface area contributed by atoms with E-state index in [1.807, 2.05) is 12.1 Å². The second-order valence-corrected chi connectivity index (χ2v) is 5.79. The van der Waals surface area contributed by atoms with Crippen LogP contribution >= 0.6 is 15.9 Å². The molecular weight excluding hydrogens is 295 g/mol. The summed E-state index contributed by atoms with van der Waals surface area (Å²) in [6.07, 6.45) is 7.75. The fraction of sp³-hybridized carbons (Fsp3) is 0.467. The molecule has 0 heterocycles. The number of rotatable bonds is 3. The summed E-state index contributed by atoms with van der Waals surface area (Å²) in [5.74, 6) is 0.179. The summed E-state index contributed by atoms with van der Waals surface area (Å²) >= 11 is 3.25. The van der Waals surface area contributed by atoms with Gasteiger partial charge in [-0.25, -0.2) is 4.39 Å². The van der Waals surface area contributed by atoms with E-state index >= 15 is 0 Å². The SMILES string of the molecule is OCC(=Cc1ccc(Br)cc1F)C1CCCCC1. The summed E-state index contributed by atoms with van der Waals surface area (Å²) in [5.41, 5.74) is 1.53. The second-order valence-electron chi connectivity index (χ2n) is 4.88. The highest BCUT2D eigenvalue weighted by molar-refractivity contribution is 9.10. The Hall–Kier alpha value is -0.670. The van der Waals surface area contributed by atoms with E-state index in [2.05, 4.69) is 15.9 Å². The molecule has 0 saturated heterocycles. The summed E-state index contributed by atoms with van der Waals surface area (Å²) in [6.45, 7) is 0.0279. The van der Waals surface area contributed by atoms with Crippen molar-refractivity contribution in [3.63, 3.8) is 0 Å². The van der Waals surface area contributed by atoms with Gasteiger partial charge in [0.25, 0.3) is 0 Å². The Labute approximate surface area is 116 Å². The smallest absolute Gasteiger partial charge is 0.131 e. The molecule has 0 aromatic heterocycles. The maximum atomic E-state index is 13.8. The van der Waals surface area contributed by atoms with Crippen molar-refractivity contribution in [1.82, 2.24) is 0 Å². The molecule has 0 radical (unpaired) electrons. The van der Waals surface area contributed by atoms with Crippen LogP contribution in [0.15, 0.2) is 28.2 Å². The van der Waals surface area contributed by atoms with Crippen molar-refractivity contribution < 1.29 is 9.50 Å². The molecule has 1 saturated carbocycles. The molecule has 1 aromatic carbocycles. The molecule has 0 atom stereocenters. The molecule has 3 heteroatoms. The first-order valence-electron chi connectivity index (χ1n) is 6.47. The van der Waals surface area contributed by atoms with E-state index in [-0.39, 0.29) is 12.4 Å². The number of aliphatic hydroxyl groups excluding tert-OH is 1. The minimum absolute atomic E-state index is 0.0279. The summed E-state index contributed by atoms with van der Waals surface area (Å²) in [4.78, 5) is 0. The standard InChI is InChI=1S/C15H18BrFO/c16-14-7-6-12(15(17)9-14)8-13(10-18)11-4-2-1-3-5-11/h6-9,11,18H,1-5,10H2. The number of benzene rings is 1. The molecule has 0 spiro atoms. The van der Waals surface area contributed by atoms with E-state index in [0.29, 0.717) is 11.5 Å². The lowest BCUT2D eigenvalue weighted by Crippen LogP contribution is -2.11. The lowest BCUT2D eigenvalue weighted by molar-refractivity contribution is 0.295. The summed E-state index contributed by atoms with van der Waals surface area (Å²) in [5, 5.41) is 9.49. The predicted octanol–water partition coefficient (Wildman–Crippen LogP) is 4.54. The Morgan fingerprint density at radius 3 is 2.67 bits per heavy atom. The van der Waals surface area contributed by atoms with Crippen LogP contribution in [0.25, 0.3) is 6.08 Å². The molecule has 0 unspecified atom stereocenters. The van der Waals surface area contributed by atoms with Crippen molar-refractivity contribution in [2.75, 3.05) is 6.61 Å². The molecule has 18 heavy (non-hydrogen) atoms. The van der Waals surface area contributed by atoms with Gasteiger partial charge in [0.05, 0.1) is 6.61 Å². The Balaban J connectivity index is 2.22. The Morgan fingerprint density at radius 2 is 2.06 bits per heavy atom. The lowest BCUT2D eigenvalue weighted by atomic mass is 9.83. The molecule has 1 N–H and O–H groups in total. The number of hydrogen-bond acceptors (Lipinski definition) is 1. The second kappa shape index (κ2) is 6.48. The number of aliphatic hydroxyl groups is 1. The van der Waals surface area contributed by atoms with Crippen molar-refractivity contribution in [3.05, 3.63) is 39.6 Å². The van der Waals surface area contributed by atoms with Crippen molar-refractivity contribution >= 4 is 22.0 Å². The van der Waals surface area contributed by atoms with Crippen molar-refractivity contribution in [2.24, 2.45) is 5.92 Å². The molecule has 2 rings (SSSR count). The topological polar surface area (TPSA) is 20.2 Å². The molecular formula is C15H18BrFO. The minimum Gasteiger partial charge on any atom is -0.392 e. The molecule has 0 bridgehead atoms. The van der Waals surface area contributed by atoms with Crippen LogP contribution in [0.4, 0.5) is 4.39 Å². The summed E-state index contributed by atoms with van der Waals surface area (Å²) < 4.78 is 14.5. The first-order chi connectivity index (χ1) is 8.70. The van der Waals surface area contributed by atoms with E-state index in [1.54, 1.807) is 6.07 Å². The molecule has 1 nitrogen and oxygen atoms in total. The third-order valence-corrected chi connectivity index (χ3v) is 4.11. The highest BCUT2D eigenvalue weighted by atomic mass is 79.9. The summed E-state index contributed by atoms with van der Waals surface area (Å²) in [6, 6.07) is 5.03. The maximum Gasteiger partial charge on any atom is 0.131 e. The van der Waals surface area contributed by atoms with Crippen molar-refractivity contribution in [2.45, 2.75) is 32.1 Å². The monoisotopic (exact) mass is 312 g/mol. The van der Waals surface area contributed by atoms with Crippen LogP contribution in [0.1, 0.15) is 37.7 Å². The van der Waals surface area contributed by atoms with Gasteiger partial charge in [0, 0.05) is 10.0 Å². The molecule has 1 fully saturated rings. The van der Waals surface area contributed by atoms with E-state index in [1.165, 1.54) is 25.3 Å². The predicted molar refractivity (Wildman–Crippen MR) is 75.7 cm³/mol. The van der Waals surface area contributed by atoms with Crippen LogP contribution in [0.2, 0.25) is 0 Å². The zero-order valence-electron chi connectivity index (χ0n) is 10.3. The number of hydrogen-bond donors (Lipinski definition) is 1. The molecule has 0 amide bonds. The van der Waals surface area contributed by atoms with Gasteiger partial charge in [-0.05, 0) is 36.5 Å². The van der Waals surface area contributed by atoms with Gasteiger partial charge in [0.2, 0.25) is 0 Å². The van der Waals surface area contributed by atoms with E-state index in [9.17, 15) is 9.50 Å². The third kappa shape index (κ3) is 3.42. The zero-order chi connectivity index (χ0) is 13.0. The largest absolute Gasteiger partial charge is 0.392 e. The minimum atomic E-state index is -0.244.